The Kier molecular flexibility index (Phi) is 9.30. The second-order valence-corrected chi connectivity index (χ2v) is 9.53. The van der Waals surface area contributed by atoms with Crippen LogP contribution in [-0.2, 0) is 9.59 Å². The zero-order valence-electron chi connectivity index (χ0n) is 22.4. The third kappa shape index (κ3) is 6.63. The van der Waals surface area contributed by atoms with E-state index in [2.05, 4.69) is 15.6 Å². The average molecular weight is 534 g/mol. The van der Waals surface area contributed by atoms with Crippen LogP contribution in [0.5, 0.6) is 5.75 Å². The molecule has 0 radical (unpaired) electrons. The number of nitrogens with zero attached hydrogens (tertiary/aromatic N) is 3. The van der Waals surface area contributed by atoms with E-state index in [0.29, 0.717) is 50.2 Å². The number of ether oxygens (including phenoxy) is 1. The van der Waals surface area contributed by atoms with Crippen molar-refractivity contribution >= 4 is 34.4 Å². The van der Waals surface area contributed by atoms with Crippen LogP contribution in [0.15, 0.2) is 48.8 Å². The Bertz CT molecular complexity index is 1350. The highest BCUT2D eigenvalue weighted by molar-refractivity contribution is 6.07. The average Bonchev–Trinajstić information content (AvgIpc) is 3.32. The van der Waals surface area contributed by atoms with Crippen molar-refractivity contribution in [2.24, 2.45) is 0 Å². The number of amides is 3. The molecule has 1 aliphatic heterocycles. The van der Waals surface area contributed by atoms with Crippen LogP contribution in [-0.4, -0.2) is 70.7 Å². The second-order valence-electron chi connectivity index (χ2n) is 9.53. The number of hydrogen-bond donors (Lipinski definition) is 2. The van der Waals surface area contributed by atoms with Crippen LogP contribution in [0.2, 0.25) is 0 Å². The molecule has 0 saturated heterocycles. The molecule has 1 unspecified atom stereocenters. The zero-order valence-corrected chi connectivity index (χ0v) is 22.4. The molecule has 10 heteroatoms. The van der Waals surface area contributed by atoms with Crippen LogP contribution < -0.4 is 15.4 Å². The van der Waals surface area contributed by atoms with Crippen LogP contribution in [0, 0.1) is 0 Å². The number of hydrogen-bond acceptors (Lipinski definition) is 6. The lowest BCUT2D eigenvalue weighted by molar-refractivity contribution is -0.135. The van der Waals surface area contributed by atoms with Gasteiger partial charge in [0.15, 0.2) is 17.2 Å². The van der Waals surface area contributed by atoms with E-state index in [9.17, 15) is 19.2 Å². The molecule has 0 saturated carbocycles. The summed E-state index contributed by atoms with van der Waals surface area (Å²) in [6.45, 7) is 5.11. The van der Waals surface area contributed by atoms with Gasteiger partial charge < -0.3 is 24.8 Å². The van der Waals surface area contributed by atoms with Gasteiger partial charge >= 0.3 is 0 Å². The Labute approximate surface area is 227 Å². The topological polar surface area (TPSA) is 123 Å². The molecule has 10 nitrogen and oxygen atoms in total. The minimum atomic E-state index is -0.509. The number of rotatable bonds is 4. The standard InChI is InChI=1S/C29H35N5O5/c1-3-23(34-19-22(20(2)35)21-9-4-5-10-24(21)34)29(38)33-16-7-12-26(36)30-15-18-39-25-11-6-13-31-27(25)28(37)32-14-8-17-33/h4-6,9-11,13,19,23H,3,7-8,12,14-18H2,1-2H3,(H,30,36)(H,32,37). The summed E-state index contributed by atoms with van der Waals surface area (Å²) in [6, 6.07) is 10.4. The molecule has 0 spiro atoms. The quantitative estimate of drug-likeness (QED) is 0.497. The number of para-hydroxylation sites is 1. The maximum atomic E-state index is 13.9. The fourth-order valence-corrected chi connectivity index (χ4v) is 4.88. The highest BCUT2D eigenvalue weighted by Crippen LogP contribution is 2.28. The fourth-order valence-electron chi connectivity index (χ4n) is 4.88. The van der Waals surface area contributed by atoms with Gasteiger partial charge in [-0.15, -0.1) is 0 Å². The lowest BCUT2D eigenvalue weighted by Crippen LogP contribution is -2.40. The molecule has 206 valence electrons. The van der Waals surface area contributed by atoms with E-state index in [4.69, 9.17) is 4.74 Å². The Hall–Kier alpha value is -4.21. The Morgan fingerprint density at radius 2 is 1.85 bits per heavy atom. The number of carbonyl (C=O) groups excluding carboxylic acids is 4. The van der Waals surface area contributed by atoms with Crippen LogP contribution in [0.4, 0.5) is 0 Å². The maximum absolute atomic E-state index is 13.9. The molecule has 39 heavy (non-hydrogen) atoms. The van der Waals surface area contributed by atoms with Crippen LogP contribution in [0.25, 0.3) is 10.9 Å². The van der Waals surface area contributed by atoms with Crippen molar-refractivity contribution in [2.75, 3.05) is 32.8 Å². The summed E-state index contributed by atoms with van der Waals surface area (Å²) in [6.07, 6.45) is 5.13. The summed E-state index contributed by atoms with van der Waals surface area (Å²) in [5.74, 6) is -0.275. The van der Waals surface area contributed by atoms with Gasteiger partial charge in [0.1, 0.15) is 12.6 Å². The van der Waals surface area contributed by atoms with E-state index in [1.807, 2.05) is 35.8 Å². The fraction of sp³-hybridized carbons (Fsp3) is 0.414. The smallest absolute Gasteiger partial charge is 0.273 e. The first-order chi connectivity index (χ1) is 18.9. The summed E-state index contributed by atoms with van der Waals surface area (Å²) >= 11 is 0. The van der Waals surface area contributed by atoms with Crippen molar-refractivity contribution in [3.05, 3.63) is 60.0 Å². The van der Waals surface area contributed by atoms with Gasteiger partial charge in [0, 0.05) is 54.9 Å². The Balaban J connectivity index is 1.55. The van der Waals surface area contributed by atoms with Gasteiger partial charge in [-0.2, -0.15) is 0 Å². The Morgan fingerprint density at radius 3 is 2.64 bits per heavy atom. The van der Waals surface area contributed by atoms with Crippen LogP contribution in [0.3, 0.4) is 0 Å². The highest BCUT2D eigenvalue weighted by Gasteiger charge is 2.27. The van der Waals surface area contributed by atoms with Gasteiger partial charge in [0.05, 0.1) is 6.54 Å². The van der Waals surface area contributed by atoms with Gasteiger partial charge in [-0.25, -0.2) is 4.98 Å². The molecule has 0 bridgehead atoms. The first-order valence-electron chi connectivity index (χ1n) is 13.4. The number of fused-ring (bicyclic) bond motifs is 2. The van der Waals surface area contributed by atoms with Crippen molar-refractivity contribution in [3.63, 3.8) is 0 Å². The van der Waals surface area contributed by atoms with Crippen molar-refractivity contribution in [1.29, 1.82) is 0 Å². The minimum Gasteiger partial charge on any atom is -0.489 e. The number of aromatic nitrogens is 2. The molecular formula is C29H35N5O5. The SMILES string of the molecule is CCC(C(=O)N1CCCNC(=O)c2ncccc2OCCNC(=O)CCC1)n1cc(C(C)=O)c2ccccc21. The van der Waals surface area contributed by atoms with Crippen molar-refractivity contribution in [3.8, 4) is 5.75 Å². The second kappa shape index (κ2) is 13.0. The van der Waals surface area contributed by atoms with Gasteiger partial charge in [-0.1, -0.05) is 25.1 Å². The number of pyridine rings is 1. The molecule has 4 rings (SSSR count). The van der Waals surface area contributed by atoms with Gasteiger partial charge in [0.25, 0.3) is 5.91 Å². The summed E-state index contributed by atoms with van der Waals surface area (Å²) in [4.78, 5) is 57.3. The van der Waals surface area contributed by atoms with Crippen LogP contribution in [0.1, 0.15) is 66.4 Å². The van der Waals surface area contributed by atoms with E-state index in [0.717, 1.165) is 10.9 Å². The number of nitrogens with one attached hydrogen (secondary N) is 2. The van der Waals surface area contributed by atoms with Crippen molar-refractivity contribution < 1.29 is 23.9 Å². The minimum absolute atomic E-state index is 0.0551. The summed E-state index contributed by atoms with van der Waals surface area (Å²) in [5, 5.41) is 6.51. The monoisotopic (exact) mass is 533 g/mol. The molecule has 1 aliphatic rings. The van der Waals surface area contributed by atoms with E-state index < -0.39 is 6.04 Å². The first-order valence-corrected chi connectivity index (χ1v) is 13.4. The van der Waals surface area contributed by atoms with E-state index in [1.165, 1.54) is 13.1 Å². The lowest BCUT2D eigenvalue weighted by atomic mass is 10.1. The molecule has 0 aliphatic carbocycles. The van der Waals surface area contributed by atoms with E-state index in [-0.39, 0.29) is 48.8 Å². The van der Waals surface area contributed by atoms with Crippen LogP contribution >= 0.6 is 0 Å². The zero-order chi connectivity index (χ0) is 27.8. The third-order valence-corrected chi connectivity index (χ3v) is 6.83. The van der Waals surface area contributed by atoms with E-state index >= 15 is 0 Å². The Morgan fingerprint density at radius 1 is 1.05 bits per heavy atom. The number of Topliss-reactive ketones (excluding diaryl/α,β-unsaturated/α-hetero) is 1. The van der Waals surface area contributed by atoms with Gasteiger partial charge in [-0.3, -0.25) is 19.2 Å². The largest absolute Gasteiger partial charge is 0.489 e. The predicted molar refractivity (Wildman–Crippen MR) is 147 cm³/mol. The van der Waals surface area contributed by atoms with E-state index in [1.54, 1.807) is 23.2 Å². The normalized spacial score (nSPS) is 16.5. The molecule has 1 atom stereocenters. The number of carbonyl (C=O) groups is 4. The van der Waals surface area contributed by atoms with Crippen molar-refractivity contribution in [2.45, 2.75) is 45.6 Å². The summed E-state index contributed by atoms with van der Waals surface area (Å²) in [7, 11) is 0. The molecular weight excluding hydrogens is 498 g/mol. The molecule has 0 fully saturated rings. The maximum Gasteiger partial charge on any atom is 0.273 e. The molecule has 3 amide bonds. The number of ketones is 1. The third-order valence-electron chi connectivity index (χ3n) is 6.83. The van der Waals surface area contributed by atoms with Gasteiger partial charge in [0.2, 0.25) is 11.8 Å². The number of benzene rings is 1. The molecule has 2 N–H and O–H groups in total. The lowest BCUT2D eigenvalue weighted by Gasteiger charge is -2.28. The summed E-state index contributed by atoms with van der Waals surface area (Å²) < 4.78 is 7.56. The molecule has 3 heterocycles. The molecule has 1 aromatic carbocycles. The molecule has 2 aromatic heterocycles. The van der Waals surface area contributed by atoms with Crippen molar-refractivity contribution in [1.82, 2.24) is 25.1 Å². The highest BCUT2D eigenvalue weighted by atomic mass is 16.5. The molecule has 3 aromatic rings. The first kappa shape index (κ1) is 27.8. The summed E-state index contributed by atoms with van der Waals surface area (Å²) in [5.41, 5.74) is 1.59. The van der Waals surface area contributed by atoms with Gasteiger partial charge in [-0.05, 0) is 44.4 Å². The predicted octanol–water partition coefficient (Wildman–Crippen LogP) is 3.13.